The molecule has 0 heterocycles. The fraction of sp³-hybridized carbons (Fsp3) is 1.00. The fourth-order valence-corrected chi connectivity index (χ4v) is 3.00. The number of hydrogen-bond donors (Lipinski definition) is 1. The molecule has 0 spiro atoms. The van der Waals surface area contributed by atoms with Gasteiger partial charge >= 0.3 is 0 Å². The number of rotatable bonds is 0. The van der Waals surface area contributed by atoms with Gasteiger partial charge in [0, 0.05) is 6.04 Å². The molecule has 2 N–H and O–H groups in total. The molecule has 1 heteroatoms. The second-order valence-electron chi connectivity index (χ2n) is 6.44. The Morgan fingerprint density at radius 1 is 1.23 bits per heavy atom. The first-order chi connectivity index (χ1) is 5.73. The third kappa shape index (κ3) is 2.46. The largest absolute Gasteiger partial charge is 0.328 e. The molecule has 0 bridgehead atoms. The van der Waals surface area contributed by atoms with E-state index in [2.05, 4.69) is 34.6 Å². The molecule has 78 valence electrons. The Balaban J connectivity index is 2.78. The molecule has 1 aliphatic rings. The third-order valence-corrected chi connectivity index (χ3v) is 3.69. The summed E-state index contributed by atoms with van der Waals surface area (Å²) in [5.74, 6) is 0.767. The monoisotopic (exact) mass is 183 g/mol. The molecule has 1 aliphatic carbocycles. The highest BCUT2D eigenvalue weighted by atomic mass is 14.7. The summed E-state index contributed by atoms with van der Waals surface area (Å²) in [6.07, 6.45) is 3.70. The molecule has 0 aromatic carbocycles. The maximum Gasteiger partial charge on any atom is 0.00420 e. The van der Waals surface area contributed by atoms with Crippen molar-refractivity contribution in [2.24, 2.45) is 22.5 Å². The molecule has 13 heavy (non-hydrogen) atoms. The van der Waals surface area contributed by atoms with E-state index in [0.717, 1.165) is 5.92 Å². The van der Waals surface area contributed by atoms with Crippen LogP contribution in [0.3, 0.4) is 0 Å². The zero-order chi connectivity index (χ0) is 10.3. The quantitative estimate of drug-likeness (QED) is 0.613. The van der Waals surface area contributed by atoms with E-state index in [4.69, 9.17) is 5.73 Å². The van der Waals surface area contributed by atoms with Crippen LogP contribution in [0.15, 0.2) is 0 Å². The molecule has 0 aliphatic heterocycles. The standard InChI is InChI=1S/C12H25N/c1-11(2,3)10-8-9(13)6-7-12(10,4)5/h9-10H,6-8,13H2,1-5H3. The summed E-state index contributed by atoms with van der Waals surface area (Å²) in [7, 11) is 0. The van der Waals surface area contributed by atoms with Gasteiger partial charge in [-0.25, -0.2) is 0 Å². The molecule has 1 nitrogen and oxygen atoms in total. The highest BCUT2D eigenvalue weighted by Crippen LogP contribution is 2.48. The summed E-state index contributed by atoms with van der Waals surface area (Å²) >= 11 is 0. The maximum atomic E-state index is 6.04. The molecule has 1 fully saturated rings. The predicted molar refractivity (Wildman–Crippen MR) is 58.6 cm³/mol. The van der Waals surface area contributed by atoms with Crippen LogP contribution in [0.5, 0.6) is 0 Å². The molecular formula is C12H25N. The van der Waals surface area contributed by atoms with E-state index in [1.54, 1.807) is 0 Å². The van der Waals surface area contributed by atoms with Gasteiger partial charge in [-0.1, -0.05) is 34.6 Å². The molecule has 0 radical (unpaired) electrons. The van der Waals surface area contributed by atoms with Gasteiger partial charge in [0.1, 0.15) is 0 Å². The van der Waals surface area contributed by atoms with Crippen LogP contribution in [0.2, 0.25) is 0 Å². The minimum atomic E-state index is 0.404. The van der Waals surface area contributed by atoms with Crippen molar-refractivity contribution in [2.75, 3.05) is 0 Å². The Bertz CT molecular complexity index is 176. The second kappa shape index (κ2) is 3.27. The Morgan fingerprint density at radius 3 is 2.15 bits per heavy atom. The number of hydrogen-bond acceptors (Lipinski definition) is 1. The van der Waals surface area contributed by atoms with E-state index in [0.29, 0.717) is 16.9 Å². The van der Waals surface area contributed by atoms with Crippen molar-refractivity contribution in [2.45, 2.75) is 59.9 Å². The van der Waals surface area contributed by atoms with Crippen LogP contribution in [0, 0.1) is 16.7 Å². The van der Waals surface area contributed by atoms with Gasteiger partial charge in [0.25, 0.3) is 0 Å². The van der Waals surface area contributed by atoms with Crippen molar-refractivity contribution >= 4 is 0 Å². The summed E-state index contributed by atoms with van der Waals surface area (Å²) in [6, 6.07) is 0.442. The van der Waals surface area contributed by atoms with Gasteiger partial charge in [-0.15, -0.1) is 0 Å². The van der Waals surface area contributed by atoms with Gasteiger partial charge in [-0.2, -0.15) is 0 Å². The zero-order valence-electron chi connectivity index (χ0n) is 9.85. The zero-order valence-corrected chi connectivity index (χ0v) is 9.85. The Labute approximate surface area is 83.1 Å². The van der Waals surface area contributed by atoms with Gasteiger partial charge in [0.2, 0.25) is 0 Å². The third-order valence-electron chi connectivity index (χ3n) is 3.69. The van der Waals surface area contributed by atoms with E-state index in [1.165, 1.54) is 19.3 Å². The van der Waals surface area contributed by atoms with Crippen LogP contribution in [0.4, 0.5) is 0 Å². The van der Waals surface area contributed by atoms with Gasteiger partial charge < -0.3 is 5.73 Å². The molecule has 0 aromatic rings. The first kappa shape index (κ1) is 11.0. The molecule has 2 atom stereocenters. The fourth-order valence-electron chi connectivity index (χ4n) is 3.00. The van der Waals surface area contributed by atoms with Gasteiger partial charge in [-0.05, 0) is 36.0 Å². The van der Waals surface area contributed by atoms with Gasteiger partial charge in [0.05, 0.1) is 0 Å². The van der Waals surface area contributed by atoms with E-state index < -0.39 is 0 Å². The van der Waals surface area contributed by atoms with Crippen molar-refractivity contribution in [3.8, 4) is 0 Å². The molecular weight excluding hydrogens is 158 g/mol. The first-order valence-corrected chi connectivity index (χ1v) is 5.49. The van der Waals surface area contributed by atoms with Crippen molar-refractivity contribution in [1.29, 1.82) is 0 Å². The van der Waals surface area contributed by atoms with Crippen molar-refractivity contribution < 1.29 is 0 Å². The van der Waals surface area contributed by atoms with E-state index >= 15 is 0 Å². The minimum Gasteiger partial charge on any atom is -0.328 e. The average Bonchev–Trinajstić information content (AvgIpc) is 1.92. The van der Waals surface area contributed by atoms with Crippen LogP contribution < -0.4 is 5.73 Å². The molecule has 0 aromatic heterocycles. The highest BCUT2D eigenvalue weighted by molar-refractivity contribution is 4.93. The van der Waals surface area contributed by atoms with Gasteiger partial charge in [0.15, 0.2) is 0 Å². The second-order valence-corrected chi connectivity index (χ2v) is 6.44. The Morgan fingerprint density at radius 2 is 1.77 bits per heavy atom. The molecule has 0 amide bonds. The lowest BCUT2D eigenvalue weighted by molar-refractivity contribution is 0.0327. The summed E-state index contributed by atoms with van der Waals surface area (Å²) in [4.78, 5) is 0. The maximum absolute atomic E-state index is 6.04. The van der Waals surface area contributed by atoms with Crippen LogP contribution >= 0.6 is 0 Å². The lowest BCUT2D eigenvalue weighted by Gasteiger charge is -2.48. The van der Waals surface area contributed by atoms with Crippen LogP contribution in [-0.2, 0) is 0 Å². The summed E-state index contributed by atoms with van der Waals surface area (Å²) < 4.78 is 0. The average molecular weight is 183 g/mol. The molecule has 2 unspecified atom stereocenters. The van der Waals surface area contributed by atoms with Crippen LogP contribution in [0.25, 0.3) is 0 Å². The molecule has 1 rings (SSSR count). The van der Waals surface area contributed by atoms with Crippen molar-refractivity contribution in [3.63, 3.8) is 0 Å². The smallest absolute Gasteiger partial charge is 0.00420 e. The molecule has 0 saturated heterocycles. The molecule has 1 saturated carbocycles. The first-order valence-electron chi connectivity index (χ1n) is 5.49. The lowest BCUT2D eigenvalue weighted by atomic mass is 9.58. The van der Waals surface area contributed by atoms with Crippen LogP contribution in [0.1, 0.15) is 53.9 Å². The Kier molecular flexibility index (Phi) is 2.78. The minimum absolute atomic E-state index is 0.404. The predicted octanol–water partition coefficient (Wildman–Crippen LogP) is 3.19. The SMILES string of the molecule is CC(C)(C)C1CC(N)CCC1(C)C. The van der Waals surface area contributed by atoms with Crippen LogP contribution in [-0.4, -0.2) is 6.04 Å². The summed E-state index contributed by atoms with van der Waals surface area (Å²) in [6.45, 7) is 11.8. The van der Waals surface area contributed by atoms with E-state index in [9.17, 15) is 0 Å². The van der Waals surface area contributed by atoms with Crippen molar-refractivity contribution in [1.82, 2.24) is 0 Å². The summed E-state index contributed by atoms with van der Waals surface area (Å²) in [5.41, 5.74) is 6.93. The van der Waals surface area contributed by atoms with Crippen molar-refractivity contribution in [3.05, 3.63) is 0 Å². The highest BCUT2D eigenvalue weighted by Gasteiger charge is 2.41. The van der Waals surface area contributed by atoms with Gasteiger partial charge in [-0.3, -0.25) is 0 Å². The Hall–Kier alpha value is -0.0400. The topological polar surface area (TPSA) is 26.0 Å². The van der Waals surface area contributed by atoms with E-state index in [1.807, 2.05) is 0 Å². The summed E-state index contributed by atoms with van der Waals surface area (Å²) in [5, 5.41) is 0. The lowest BCUT2D eigenvalue weighted by Crippen LogP contribution is -2.44. The van der Waals surface area contributed by atoms with E-state index in [-0.39, 0.29) is 0 Å². The normalized spacial score (nSPS) is 34.6. The number of nitrogens with two attached hydrogens (primary N) is 1.